The van der Waals surface area contributed by atoms with Crippen molar-refractivity contribution in [2.75, 3.05) is 4.90 Å². The van der Waals surface area contributed by atoms with Crippen molar-refractivity contribution in [1.82, 2.24) is 0 Å². The van der Waals surface area contributed by atoms with E-state index in [1.165, 1.54) is 6.07 Å². The Bertz CT molecular complexity index is 4150. The molecule has 0 aromatic heterocycles. The van der Waals surface area contributed by atoms with Crippen LogP contribution in [0, 0.1) is 34.6 Å². The van der Waals surface area contributed by atoms with Crippen molar-refractivity contribution in [3.8, 4) is 50.6 Å². The standard InChI is InChI=1S/C62H34F4N2/c63-59-54(60(64)62(66)58(61(59)65)49-30-31-52-57-48(49)29-28-43-38(33-67)24-25-39(53(43)57)34-68(52)40-16-2-1-3-17-40)37-26-27-50-51(32-37)56(45-23-11-15-36-13-5-7-19-42(36)45)47-21-9-8-20-46(47)55(50)44-22-10-14-35-12-4-6-18-41(35)44/h1-32H,34H2. The van der Waals surface area contributed by atoms with Gasteiger partial charge in [0, 0.05) is 28.7 Å². The van der Waals surface area contributed by atoms with Crippen LogP contribution in [0.3, 0.4) is 0 Å². The summed E-state index contributed by atoms with van der Waals surface area (Å²) in [6.45, 7) is 0.478. The van der Waals surface area contributed by atoms with Crippen LogP contribution < -0.4 is 4.90 Å². The lowest BCUT2D eigenvalue weighted by atomic mass is 9.82. The molecule has 0 N–H and O–H groups in total. The van der Waals surface area contributed by atoms with Crippen LogP contribution in [0.2, 0.25) is 0 Å². The highest BCUT2D eigenvalue weighted by Gasteiger charge is 2.31. The van der Waals surface area contributed by atoms with Gasteiger partial charge in [0.1, 0.15) is 0 Å². The normalized spacial score (nSPS) is 12.3. The Morgan fingerprint density at radius 1 is 0.382 bits per heavy atom. The first kappa shape index (κ1) is 39.6. The third-order valence-corrected chi connectivity index (χ3v) is 14.0. The van der Waals surface area contributed by atoms with E-state index in [0.717, 1.165) is 82.3 Å². The lowest BCUT2D eigenvalue weighted by molar-refractivity contribution is 0.463. The van der Waals surface area contributed by atoms with Gasteiger partial charge in [0.25, 0.3) is 0 Å². The minimum absolute atomic E-state index is 0.00354. The number of fused-ring (bicyclic) bond motifs is 4. The lowest BCUT2D eigenvalue weighted by Crippen LogP contribution is -2.20. The van der Waals surface area contributed by atoms with Gasteiger partial charge in [-0.3, -0.25) is 0 Å². The van der Waals surface area contributed by atoms with E-state index in [0.29, 0.717) is 33.7 Å². The molecule has 12 aromatic rings. The zero-order valence-corrected chi connectivity index (χ0v) is 36.1. The molecule has 0 aliphatic carbocycles. The molecule has 0 saturated carbocycles. The van der Waals surface area contributed by atoms with E-state index >= 15 is 17.6 Å². The summed E-state index contributed by atoms with van der Waals surface area (Å²) in [5.41, 5.74) is 5.04. The summed E-state index contributed by atoms with van der Waals surface area (Å²) in [5.74, 6) is -5.99. The Morgan fingerprint density at radius 2 is 0.897 bits per heavy atom. The van der Waals surface area contributed by atoms with Crippen LogP contribution in [-0.2, 0) is 6.54 Å². The second-order valence-electron chi connectivity index (χ2n) is 17.5. The molecule has 0 fully saturated rings. The lowest BCUT2D eigenvalue weighted by Gasteiger charge is -2.32. The number of hydrogen-bond acceptors (Lipinski definition) is 2. The number of hydrogen-bond donors (Lipinski definition) is 0. The second kappa shape index (κ2) is 15.1. The Morgan fingerprint density at radius 3 is 1.54 bits per heavy atom. The van der Waals surface area contributed by atoms with E-state index in [1.54, 1.807) is 36.4 Å². The number of para-hydroxylation sites is 1. The molecular formula is C62H34F4N2. The highest BCUT2D eigenvalue weighted by Crippen LogP contribution is 2.51. The first-order valence-electron chi connectivity index (χ1n) is 22.4. The summed E-state index contributed by atoms with van der Waals surface area (Å²) in [6, 6.07) is 64.1. The number of anilines is 2. The van der Waals surface area contributed by atoms with Gasteiger partial charge in [-0.15, -0.1) is 0 Å². The third kappa shape index (κ3) is 5.69. The number of nitrogens with zero attached hydrogens (tertiary/aromatic N) is 2. The van der Waals surface area contributed by atoms with Crippen LogP contribution >= 0.6 is 0 Å². The molecule has 0 atom stereocenters. The average molecular weight is 883 g/mol. The predicted octanol–water partition coefficient (Wildman–Crippen LogP) is 17.4. The van der Waals surface area contributed by atoms with Crippen molar-refractivity contribution in [2.45, 2.75) is 6.54 Å². The first-order chi connectivity index (χ1) is 33.4. The molecule has 13 rings (SSSR count). The molecule has 0 spiro atoms. The van der Waals surface area contributed by atoms with E-state index < -0.39 is 34.4 Å². The molecule has 1 heterocycles. The minimum Gasteiger partial charge on any atom is -0.336 e. The molecule has 0 bridgehead atoms. The summed E-state index contributed by atoms with van der Waals surface area (Å²) in [4.78, 5) is 2.10. The Hall–Kier alpha value is -8.79. The fourth-order valence-corrected chi connectivity index (χ4v) is 11.0. The molecule has 0 saturated heterocycles. The van der Waals surface area contributed by atoms with Crippen LogP contribution in [0.4, 0.5) is 28.9 Å². The van der Waals surface area contributed by atoms with Crippen LogP contribution in [0.1, 0.15) is 11.1 Å². The highest BCUT2D eigenvalue weighted by molar-refractivity contribution is 6.26. The molecule has 2 nitrogen and oxygen atoms in total. The fourth-order valence-electron chi connectivity index (χ4n) is 11.0. The molecule has 320 valence electrons. The van der Waals surface area contributed by atoms with E-state index in [9.17, 15) is 5.26 Å². The zero-order chi connectivity index (χ0) is 45.8. The first-order valence-corrected chi connectivity index (χ1v) is 22.4. The molecule has 68 heavy (non-hydrogen) atoms. The molecular weight excluding hydrogens is 849 g/mol. The van der Waals surface area contributed by atoms with Crippen molar-refractivity contribution in [3.05, 3.63) is 229 Å². The van der Waals surface area contributed by atoms with Crippen LogP contribution in [0.15, 0.2) is 194 Å². The van der Waals surface area contributed by atoms with Gasteiger partial charge in [-0.25, -0.2) is 17.6 Å². The summed E-state index contributed by atoms with van der Waals surface area (Å²) < 4.78 is 68.9. The molecule has 12 aromatic carbocycles. The average Bonchev–Trinajstić information content (AvgIpc) is 3.39. The van der Waals surface area contributed by atoms with Crippen LogP contribution in [-0.4, -0.2) is 0 Å². The Balaban J connectivity index is 1.07. The Kier molecular flexibility index (Phi) is 8.80. The van der Waals surface area contributed by atoms with Crippen molar-refractivity contribution < 1.29 is 17.6 Å². The Labute approximate surface area is 387 Å². The van der Waals surface area contributed by atoms with E-state index in [4.69, 9.17) is 0 Å². The summed E-state index contributed by atoms with van der Waals surface area (Å²) >= 11 is 0. The molecule has 6 heteroatoms. The van der Waals surface area contributed by atoms with Gasteiger partial charge in [0.05, 0.1) is 22.8 Å². The fraction of sp³-hybridized carbons (Fsp3) is 0.0161. The van der Waals surface area contributed by atoms with Gasteiger partial charge in [-0.05, 0) is 123 Å². The predicted molar refractivity (Wildman–Crippen MR) is 270 cm³/mol. The molecule has 0 unspecified atom stereocenters. The van der Waals surface area contributed by atoms with Crippen molar-refractivity contribution >= 4 is 76.0 Å². The molecule has 1 aliphatic heterocycles. The summed E-state index contributed by atoms with van der Waals surface area (Å²) in [7, 11) is 0. The van der Waals surface area contributed by atoms with E-state index in [2.05, 4.69) is 53.4 Å². The molecule has 0 amide bonds. The number of rotatable bonds is 5. The smallest absolute Gasteiger partial charge is 0.170 e. The maximum absolute atomic E-state index is 17.2. The second-order valence-corrected chi connectivity index (χ2v) is 17.5. The van der Waals surface area contributed by atoms with Crippen molar-refractivity contribution in [2.24, 2.45) is 0 Å². The largest absolute Gasteiger partial charge is 0.336 e. The quantitative estimate of drug-likeness (QED) is 0.0745. The molecule has 0 radical (unpaired) electrons. The van der Waals surface area contributed by atoms with Gasteiger partial charge >= 0.3 is 0 Å². The van der Waals surface area contributed by atoms with Gasteiger partial charge < -0.3 is 4.90 Å². The number of nitriles is 1. The summed E-state index contributed by atoms with van der Waals surface area (Å²) in [5, 5.41) is 20.0. The van der Waals surface area contributed by atoms with E-state index in [1.807, 2.05) is 109 Å². The third-order valence-electron chi connectivity index (χ3n) is 14.0. The highest BCUT2D eigenvalue weighted by atomic mass is 19.2. The minimum atomic E-state index is -1.50. The summed E-state index contributed by atoms with van der Waals surface area (Å²) in [6.07, 6.45) is 0. The van der Waals surface area contributed by atoms with Crippen molar-refractivity contribution in [1.29, 1.82) is 5.26 Å². The van der Waals surface area contributed by atoms with Crippen LogP contribution in [0.5, 0.6) is 0 Å². The SMILES string of the molecule is N#Cc1ccc2c3c1ccc1c(-c4c(F)c(F)c(-c5ccc6c(-c7cccc8ccccc78)c7ccccc7c(-c7cccc8ccccc78)c6c5)c(F)c4F)ccc(c13)N(c1ccccc1)C2. The number of benzene rings is 12. The van der Waals surface area contributed by atoms with Crippen molar-refractivity contribution in [3.63, 3.8) is 0 Å². The monoisotopic (exact) mass is 882 g/mol. The van der Waals surface area contributed by atoms with E-state index in [-0.39, 0.29) is 11.1 Å². The van der Waals surface area contributed by atoms with Gasteiger partial charge in [-0.2, -0.15) is 5.26 Å². The van der Waals surface area contributed by atoms with Gasteiger partial charge in [0.15, 0.2) is 23.3 Å². The van der Waals surface area contributed by atoms with Crippen LogP contribution in [0.25, 0.3) is 109 Å². The maximum atomic E-state index is 17.2. The maximum Gasteiger partial charge on any atom is 0.170 e. The molecule has 1 aliphatic rings. The van der Waals surface area contributed by atoms with Gasteiger partial charge in [-0.1, -0.05) is 164 Å². The van der Waals surface area contributed by atoms with Gasteiger partial charge in [0.2, 0.25) is 0 Å². The zero-order valence-electron chi connectivity index (χ0n) is 36.1. The number of halogens is 4. The topological polar surface area (TPSA) is 27.0 Å².